The van der Waals surface area contributed by atoms with Crippen LogP contribution in [0.3, 0.4) is 0 Å². The summed E-state index contributed by atoms with van der Waals surface area (Å²) in [5.74, 6) is 1.52. The molecule has 0 saturated heterocycles. The number of hydrogen-bond donors (Lipinski definition) is 2. The summed E-state index contributed by atoms with van der Waals surface area (Å²) in [6.45, 7) is 2.75. The van der Waals surface area contributed by atoms with Gasteiger partial charge in [0, 0.05) is 18.0 Å². The highest BCUT2D eigenvalue weighted by Crippen LogP contribution is 2.34. The Morgan fingerprint density at radius 1 is 1.26 bits per heavy atom. The maximum Gasteiger partial charge on any atom is 0.187 e. The van der Waals surface area contributed by atoms with E-state index in [0.29, 0.717) is 12.5 Å². The van der Waals surface area contributed by atoms with Crippen LogP contribution >= 0.6 is 11.9 Å². The molecule has 2 heterocycles. The van der Waals surface area contributed by atoms with Crippen molar-refractivity contribution >= 4 is 40.5 Å². The molecule has 1 aliphatic rings. The van der Waals surface area contributed by atoms with Crippen LogP contribution in [0.2, 0.25) is 0 Å². The van der Waals surface area contributed by atoms with Crippen LogP contribution in [0.5, 0.6) is 5.75 Å². The van der Waals surface area contributed by atoms with Gasteiger partial charge in [0.15, 0.2) is 11.4 Å². The molecule has 0 aliphatic carbocycles. The molecule has 0 saturated carbocycles. The van der Waals surface area contributed by atoms with Crippen molar-refractivity contribution in [1.29, 1.82) is 0 Å². The molecule has 0 fully saturated rings. The van der Waals surface area contributed by atoms with Crippen LogP contribution in [-0.4, -0.2) is 25.1 Å². The second kappa shape index (κ2) is 7.75. The zero-order valence-electron chi connectivity index (χ0n) is 15.2. The van der Waals surface area contributed by atoms with Gasteiger partial charge in [-0.2, -0.15) is 0 Å². The minimum atomic E-state index is 0.613. The predicted molar refractivity (Wildman–Crippen MR) is 110 cm³/mol. The van der Waals surface area contributed by atoms with Gasteiger partial charge in [0.25, 0.3) is 0 Å². The van der Waals surface area contributed by atoms with E-state index in [1.54, 1.807) is 7.11 Å². The molecule has 3 aromatic rings. The van der Waals surface area contributed by atoms with Crippen molar-refractivity contribution in [1.82, 2.24) is 10.5 Å². The number of benzene rings is 2. The molecular formula is C20H20N4O2S. The van der Waals surface area contributed by atoms with Crippen molar-refractivity contribution in [2.75, 3.05) is 18.5 Å². The SMILES string of the molecule is CCc1ccc(OC)c(SNc2noc3cc(C4=CNCN=C4)ccc23)c1. The summed E-state index contributed by atoms with van der Waals surface area (Å²) in [5, 5.41) is 8.22. The van der Waals surface area contributed by atoms with Crippen molar-refractivity contribution < 1.29 is 9.26 Å². The van der Waals surface area contributed by atoms with Gasteiger partial charge in [-0.15, -0.1) is 0 Å². The summed E-state index contributed by atoms with van der Waals surface area (Å²) >= 11 is 1.47. The van der Waals surface area contributed by atoms with Gasteiger partial charge in [-0.3, -0.25) is 4.99 Å². The Balaban J connectivity index is 1.56. The minimum absolute atomic E-state index is 0.613. The highest BCUT2D eigenvalue weighted by atomic mass is 32.2. The van der Waals surface area contributed by atoms with E-state index in [4.69, 9.17) is 9.26 Å². The molecule has 2 N–H and O–H groups in total. The number of aliphatic imine (C=N–C) groups is 1. The molecule has 1 aliphatic heterocycles. The lowest BCUT2D eigenvalue weighted by molar-refractivity contribution is 0.404. The molecule has 0 unspecified atom stereocenters. The first-order valence-electron chi connectivity index (χ1n) is 8.71. The maximum absolute atomic E-state index is 5.52. The number of ether oxygens (including phenoxy) is 1. The number of anilines is 1. The van der Waals surface area contributed by atoms with Crippen molar-refractivity contribution in [3.8, 4) is 5.75 Å². The molecule has 27 heavy (non-hydrogen) atoms. The number of aromatic nitrogens is 1. The third-order valence-electron chi connectivity index (χ3n) is 4.37. The molecule has 2 aromatic carbocycles. The van der Waals surface area contributed by atoms with Crippen LogP contribution < -0.4 is 14.8 Å². The molecule has 138 valence electrons. The first-order valence-corrected chi connectivity index (χ1v) is 9.53. The van der Waals surface area contributed by atoms with E-state index >= 15 is 0 Å². The Bertz CT molecular complexity index is 1030. The zero-order valence-corrected chi connectivity index (χ0v) is 16.0. The normalized spacial score (nSPS) is 13.3. The largest absolute Gasteiger partial charge is 0.496 e. The van der Waals surface area contributed by atoms with Gasteiger partial charge in [-0.1, -0.05) is 24.2 Å². The van der Waals surface area contributed by atoms with Crippen LogP contribution in [0, 0.1) is 0 Å². The molecule has 7 heteroatoms. The second-order valence-electron chi connectivity index (χ2n) is 6.06. The number of nitrogens with one attached hydrogen (secondary N) is 2. The first kappa shape index (κ1) is 17.5. The molecular weight excluding hydrogens is 360 g/mol. The molecule has 1 aromatic heterocycles. The van der Waals surface area contributed by atoms with Gasteiger partial charge in [0.1, 0.15) is 12.4 Å². The summed E-state index contributed by atoms with van der Waals surface area (Å²) in [6, 6.07) is 12.2. The molecule has 0 amide bonds. The number of nitrogens with zero attached hydrogens (tertiary/aromatic N) is 2. The number of hydrogen-bond acceptors (Lipinski definition) is 7. The average molecular weight is 380 g/mol. The van der Waals surface area contributed by atoms with Gasteiger partial charge in [0.2, 0.25) is 0 Å². The van der Waals surface area contributed by atoms with Crippen molar-refractivity contribution in [2.45, 2.75) is 18.2 Å². The Kier molecular flexibility index (Phi) is 5.02. The van der Waals surface area contributed by atoms with Crippen molar-refractivity contribution in [3.05, 3.63) is 53.7 Å². The fourth-order valence-electron chi connectivity index (χ4n) is 2.86. The van der Waals surface area contributed by atoms with E-state index in [0.717, 1.165) is 39.2 Å². The van der Waals surface area contributed by atoms with E-state index in [-0.39, 0.29) is 0 Å². The first-order chi connectivity index (χ1) is 13.3. The highest BCUT2D eigenvalue weighted by molar-refractivity contribution is 8.00. The Labute approximate surface area is 161 Å². The molecule has 0 spiro atoms. The molecule has 0 radical (unpaired) electrons. The number of rotatable bonds is 6. The third-order valence-corrected chi connectivity index (χ3v) is 5.20. The lowest BCUT2D eigenvalue weighted by Gasteiger charge is -2.10. The lowest BCUT2D eigenvalue weighted by atomic mass is 10.1. The summed E-state index contributed by atoms with van der Waals surface area (Å²) < 4.78 is 14.3. The van der Waals surface area contributed by atoms with E-state index in [9.17, 15) is 0 Å². The van der Waals surface area contributed by atoms with Gasteiger partial charge < -0.3 is 19.3 Å². The standard InChI is InChI=1S/C20H20N4O2S/c1-3-13-4-7-17(25-2)19(8-13)27-24-20-16-6-5-14(9-18(16)26-23-20)15-10-21-12-22-11-15/h4-11,21H,3,12H2,1-2H3,(H,23,24). The quantitative estimate of drug-likeness (QED) is 0.614. The maximum atomic E-state index is 5.52. The predicted octanol–water partition coefficient (Wildman–Crippen LogP) is 4.49. The Morgan fingerprint density at radius 3 is 2.96 bits per heavy atom. The Morgan fingerprint density at radius 2 is 2.19 bits per heavy atom. The van der Waals surface area contributed by atoms with E-state index in [2.05, 4.69) is 39.2 Å². The van der Waals surface area contributed by atoms with Crippen LogP contribution in [0.1, 0.15) is 18.1 Å². The van der Waals surface area contributed by atoms with Crippen LogP contribution in [0.25, 0.3) is 16.5 Å². The van der Waals surface area contributed by atoms with Crippen molar-refractivity contribution in [2.24, 2.45) is 4.99 Å². The van der Waals surface area contributed by atoms with Crippen LogP contribution in [0.4, 0.5) is 5.82 Å². The smallest absolute Gasteiger partial charge is 0.187 e. The minimum Gasteiger partial charge on any atom is -0.496 e. The number of allylic oxidation sites excluding steroid dienone is 1. The number of fused-ring (bicyclic) bond motifs is 1. The third kappa shape index (κ3) is 3.64. The topological polar surface area (TPSA) is 71.7 Å². The van der Waals surface area contributed by atoms with E-state index < -0.39 is 0 Å². The number of methoxy groups -OCH3 is 1. The van der Waals surface area contributed by atoms with Gasteiger partial charge in [-0.05, 0) is 53.8 Å². The van der Waals surface area contributed by atoms with Gasteiger partial charge in [-0.25, -0.2) is 0 Å². The summed E-state index contributed by atoms with van der Waals surface area (Å²) in [6.07, 6.45) is 4.78. The zero-order chi connectivity index (χ0) is 18.6. The molecule has 0 bridgehead atoms. The summed E-state index contributed by atoms with van der Waals surface area (Å²) in [4.78, 5) is 5.25. The summed E-state index contributed by atoms with van der Waals surface area (Å²) in [5.41, 5.74) is 4.03. The second-order valence-corrected chi connectivity index (χ2v) is 6.91. The average Bonchev–Trinajstić information content (AvgIpc) is 3.14. The fraction of sp³-hybridized carbons (Fsp3) is 0.200. The molecule has 4 rings (SSSR count). The van der Waals surface area contributed by atoms with Crippen molar-refractivity contribution in [3.63, 3.8) is 0 Å². The van der Waals surface area contributed by atoms with Gasteiger partial charge in [0.05, 0.1) is 17.4 Å². The highest BCUT2D eigenvalue weighted by Gasteiger charge is 2.12. The Hall–Kier alpha value is -2.93. The van der Waals surface area contributed by atoms with Crippen LogP contribution in [0.15, 0.2) is 57.0 Å². The van der Waals surface area contributed by atoms with Gasteiger partial charge >= 0.3 is 0 Å². The monoisotopic (exact) mass is 380 g/mol. The summed E-state index contributed by atoms with van der Waals surface area (Å²) in [7, 11) is 1.68. The van der Waals surface area contributed by atoms with E-state index in [1.165, 1.54) is 17.5 Å². The lowest BCUT2D eigenvalue weighted by Crippen LogP contribution is -2.10. The number of aryl methyl sites for hydroxylation is 1. The molecule has 0 atom stereocenters. The van der Waals surface area contributed by atoms with Crippen LogP contribution in [-0.2, 0) is 6.42 Å². The van der Waals surface area contributed by atoms with E-state index in [1.807, 2.05) is 36.7 Å². The molecule has 6 nitrogen and oxygen atoms in total. The fourth-order valence-corrected chi connectivity index (χ4v) is 3.68.